The molecule has 0 amide bonds. The SMILES string of the molecule is Cc1ccc(Oc2ccccc2C)c([N+]#N)c1. The molecule has 0 bridgehead atoms. The number of nitrogens with zero attached hydrogens (tertiary/aromatic N) is 2. The summed E-state index contributed by atoms with van der Waals surface area (Å²) in [5.74, 6) is 1.31. The fraction of sp³-hybridized carbons (Fsp3) is 0.143. The highest BCUT2D eigenvalue weighted by molar-refractivity contribution is 5.59. The van der Waals surface area contributed by atoms with Crippen LogP contribution >= 0.6 is 0 Å². The van der Waals surface area contributed by atoms with Crippen LogP contribution in [0.1, 0.15) is 11.1 Å². The summed E-state index contributed by atoms with van der Waals surface area (Å²) in [6, 6.07) is 13.2. The maximum Gasteiger partial charge on any atom is 0.427 e. The summed E-state index contributed by atoms with van der Waals surface area (Å²) in [4.78, 5) is 3.23. The molecule has 2 rings (SSSR count). The van der Waals surface area contributed by atoms with Crippen LogP contribution in [-0.2, 0) is 0 Å². The number of diazo groups is 1. The second kappa shape index (κ2) is 4.67. The third-order valence-corrected chi connectivity index (χ3v) is 2.54. The molecule has 0 aliphatic carbocycles. The Morgan fingerprint density at radius 1 is 1.00 bits per heavy atom. The Morgan fingerprint density at radius 2 is 1.76 bits per heavy atom. The van der Waals surface area contributed by atoms with Gasteiger partial charge in [0.25, 0.3) is 0 Å². The van der Waals surface area contributed by atoms with Crippen LogP contribution in [0.15, 0.2) is 42.5 Å². The van der Waals surface area contributed by atoms with Gasteiger partial charge in [0.15, 0.2) is 4.98 Å². The van der Waals surface area contributed by atoms with Gasteiger partial charge in [0, 0.05) is 6.07 Å². The van der Waals surface area contributed by atoms with E-state index in [0.717, 1.165) is 16.9 Å². The summed E-state index contributed by atoms with van der Waals surface area (Å²) in [7, 11) is 0. The summed E-state index contributed by atoms with van der Waals surface area (Å²) in [5, 5.41) is 8.94. The summed E-state index contributed by atoms with van der Waals surface area (Å²) in [6.07, 6.45) is 0. The summed E-state index contributed by atoms with van der Waals surface area (Å²) < 4.78 is 5.73. The highest BCUT2D eigenvalue weighted by Gasteiger charge is 2.16. The Bertz CT molecular complexity index is 585. The lowest BCUT2D eigenvalue weighted by atomic mass is 10.2. The van der Waals surface area contributed by atoms with Gasteiger partial charge in [-0.05, 0) is 37.1 Å². The van der Waals surface area contributed by atoms with Crippen molar-refractivity contribution < 1.29 is 4.74 Å². The molecule has 2 aromatic carbocycles. The van der Waals surface area contributed by atoms with E-state index in [1.54, 1.807) is 12.1 Å². The number of benzene rings is 2. The maximum atomic E-state index is 8.94. The second-order valence-corrected chi connectivity index (χ2v) is 3.94. The Morgan fingerprint density at radius 3 is 2.47 bits per heavy atom. The van der Waals surface area contributed by atoms with Gasteiger partial charge in [-0.2, -0.15) is 0 Å². The molecule has 0 N–H and O–H groups in total. The van der Waals surface area contributed by atoms with Crippen LogP contribution in [0.25, 0.3) is 4.98 Å². The van der Waals surface area contributed by atoms with Gasteiger partial charge >= 0.3 is 5.69 Å². The lowest BCUT2D eigenvalue weighted by Gasteiger charge is -2.06. The average Bonchev–Trinajstić information content (AvgIpc) is 2.34. The first-order chi connectivity index (χ1) is 8.20. The zero-order chi connectivity index (χ0) is 12.3. The lowest BCUT2D eigenvalue weighted by molar-refractivity contribution is 0.481. The van der Waals surface area contributed by atoms with E-state index in [0.29, 0.717) is 11.4 Å². The molecule has 0 radical (unpaired) electrons. The van der Waals surface area contributed by atoms with Crippen LogP contribution in [0.2, 0.25) is 0 Å². The highest BCUT2D eigenvalue weighted by atomic mass is 16.5. The molecule has 0 spiro atoms. The van der Waals surface area contributed by atoms with E-state index in [-0.39, 0.29) is 0 Å². The number of hydrogen-bond donors (Lipinski definition) is 0. The summed E-state index contributed by atoms with van der Waals surface area (Å²) in [5.41, 5.74) is 2.50. The first-order valence-electron chi connectivity index (χ1n) is 5.40. The summed E-state index contributed by atoms with van der Waals surface area (Å²) >= 11 is 0. The van der Waals surface area contributed by atoms with E-state index in [2.05, 4.69) is 4.98 Å². The van der Waals surface area contributed by atoms with Gasteiger partial charge < -0.3 is 4.74 Å². The monoisotopic (exact) mass is 225 g/mol. The van der Waals surface area contributed by atoms with Crippen LogP contribution in [0.4, 0.5) is 5.69 Å². The molecule has 3 nitrogen and oxygen atoms in total. The number of para-hydroxylation sites is 1. The number of rotatable bonds is 2. The standard InChI is InChI=1S/C14H13N2O/c1-10-7-8-14(12(9-10)16-15)17-13-6-4-3-5-11(13)2/h3-9H,1-2H3/q+1. The molecule has 0 aromatic heterocycles. The van der Waals surface area contributed by atoms with Crippen LogP contribution in [0, 0.1) is 19.2 Å². The van der Waals surface area contributed by atoms with Crippen LogP contribution in [-0.4, -0.2) is 0 Å². The van der Waals surface area contributed by atoms with E-state index >= 15 is 0 Å². The van der Waals surface area contributed by atoms with Crippen molar-refractivity contribution in [2.24, 2.45) is 0 Å². The van der Waals surface area contributed by atoms with Gasteiger partial charge in [-0.1, -0.05) is 24.3 Å². The van der Waals surface area contributed by atoms with Gasteiger partial charge in [0.2, 0.25) is 11.1 Å². The summed E-state index contributed by atoms with van der Waals surface area (Å²) in [6.45, 7) is 3.91. The Balaban J connectivity index is 2.37. The molecule has 0 atom stereocenters. The Labute approximate surface area is 100 Å². The van der Waals surface area contributed by atoms with Crippen molar-refractivity contribution >= 4 is 5.69 Å². The van der Waals surface area contributed by atoms with E-state index in [4.69, 9.17) is 10.1 Å². The van der Waals surface area contributed by atoms with Crippen molar-refractivity contribution in [2.75, 3.05) is 0 Å². The van der Waals surface area contributed by atoms with Crippen LogP contribution in [0.3, 0.4) is 0 Å². The van der Waals surface area contributed by atoms with Gasteiger partial charge in [-0.3, -0.25) is 0 Å². The molecule has 0 saturated carbocycles. The van der Waals surface area contributed by atoms with Crippen molar-refractivity contribution in [1.29, 1.82) is 5.39 Å². The van der Waals surface area contributed by atoms with E-state index in [1.165, 1.54) is 0 Å². The van der Waals surface area contributed by atoms with Crippen molar-refractivity contribution in [2.45, 2.75) is 13.8 Å². The quantitative estimate of drug-likeness (QED) is 0.701. The molecule has 17 heavy (non-hydrogen) atoms. The molecule has 84 valence electrons. The fourth-order valence-corrected chi connectivity index (χ4v) is 1.58. The number of ether oxygens (including phenoxy) is 1. The molecule has 3 heteroatoms. The van der Waals surface area contributed by atoms with Crippen molar-refractivity contribution in [1.82, 2.24) is 0 Å². The Kier molecular flexibility index (Phi) is 3.06. The van der Waals surface area contributed by atoms with Crippen LogP contribution in [0.5, 0.6) is 11.5 Å². The van der Waals surface area contributed by atoms with Crippen LogP contribution < -0.4 is 4.74 Å². The predicted octanol–water partition coefficient (Wildman–Crippen LogP) is 4.58. The molecule has 0 heterocycles. The van der Waals surface area contributed by atoms with Gasteiger partial charge in [0.05, 0.1) is 0 Å². The van der Waals surface area contributed by atoms with Crippen molar-refractivity contribution in [3.63, 3.8) is 0 Å². The molecular formula is C14H13N2O+. The van der Waals surface area contributed by atoms with Gasteiger partial charge in [0.1, 0.15) is 5.75 Å². The topological polar surface area (TPSA) is 37.4 Å². The molecule has 0 aliphatic rings. The predicted molar refractivity (Wildman–Crippen MR) is 67.2 cm³/mol. The minimum Gasteiger partial charge on any atom is -0.449 e. The smallest absolute Gasteiger partial charge is 0.427 e. The number of hydrogen-bond acceptors (Lipinski definition) is 2. The van der Waals surface area contributed by atoms with E-state index < -0.39 is 0 Å². The normalized spacial score (nSPS) is 9.71. The molecule has 2 aromatic rings. The zero-order valence-corrected chi connectivity index (χ0v) is 9.84. The molecule has 0 unspecified atom stereocenters. The zero-order valence-electron chi connectivity index (χ0n) is 9.84. The Hall–Kier alpha value is -2.34. The van der Waals surface area contributed by atoms with Gasteiger partial charge in [-0.15, -0.1) is 0 Å². The highest BCUT2D eigenvalue weighted by Crippen LogP contribution is 2.33. The lowest BCUT2D eigenvalue weighted by Crippen LogP contribution is -1.87. The molecule has 0 aliphatic heterocycles. The third-order valence-electron chi connectivity index (χ3n) is 2.54. The molecular weight excluding hydrogens is 212 g/mol. The van der Waals surface area contributed by atoms with Crippen molar-refractivity contribution in [3.8, 4) is 11.5 Å². The first-order valence-corrected chi connectivity index (χ1v) is 5.40. The fourth-order valence-electron chi connectivity index (χ4n) is 1.58. The van der Waals surface area contributed by atoms with Crippen molar-refractivity contribution in [3.05, 3.63) is 58.6 Å². The maximum absolute atomic E-state index is 8.94. The first kappa shape index (κ1) is 11.2. The molecule has 0 fully saturated rings. The van der Waals surface area contributed by atoms with E-state index in [9.17, 15) is 0 Å². The number of aryl methyl sites for hydroxylation is 2. The third kappa shape index (κ3) is 2.43. The average molecular weight is 225 g/mol. The molecule has 0 saturated heterocycles. The van der Waals surface area contributed by atoms with Gasteiger partial charge in [-0.25, -0.2) is 0 Å². The minimum absolute atomic E-state index is 0.438. The minimum atomic E-state index is 0.438. The largest absolute Gasteiger partial charge is 0.449 e. The van der Waals surface area contributed by atoms with E-state index in [1.807, 2.05) is 44.2 Å². The second-order valence-electron chi connectivity index (χ2n) is 3.94.